The fraction of sp³-hybridized carbons (Fsp3) is 0.333. The minimum Gasteiger partial charge on any atom is -0.481 e. The topological polar surface area (TPSA) is 33.4 Å². The van der Waals surface area contributed by atoms with Crippen molar-refractivity contribution in [2.45, 2.75) is 13.8 Å². The Hall–Kier alpha value is -0.920. The molecule has 0 radical (unpaired) electrons. The highest BCUT2D eigenvalue weighted by molar-refractivity contribution is 5.27. The highest BCUT2D eigenvalue weighted by atomic mass is 16.5. The van der Waals surface area contributed by atoms with Gasteiger partial charge in [-0.2, -0.15) is 0 Å². The van der Waals surface area contributed by atoms with Gasteiger partial charge in [0.15, 0.2) is 0 Å². The highest BCUT2D eigenvalue weighted by Gasteiger charge is 2.00. The third-order valence-corrected chi connectivity index (χ3v) is 1.26. The third-order valence-electron chi connectivity index (χ3n) is 1.26. The molecule has 0 aliphatic carbocycles. The van der Waals surface area contributed by atoms with Crippen LogP contribution >= 0.6 is 0 Å². The van der Waals surface area contributed by atoms with Crippen LogP contribution in [0, 0.1) is 13.8 Å². The molecule has 0 amide bonds. The summed E-state index contributed by atoms with van der Waals surface area (Å²) in [5, 5.41) is 8.77. The van der Waals surface area contributed by atoms with Crippen LogP contribution in [0.25, 0.3) is 0 Å². The summed E-state index contributed by atoms with van der Waals surface area (Å²) in [5.74, 6) is 0.0301. The molecule has 8 heavy (non-hydrogen) atoms. The molecule has 0 unspecified atom stereocenters. The zero-order valence-electron chi connectivity index (χ0n) is 4.93. The molecule has 0 atom stereocenters. The molecule has 1 heterocycles. The van der Waals surface area contributed by atoms with Gasteiger partial charge in [0.05, 0.1) is 6.26 Å². The number of hydrogen-bond acceptors (Lipinski definition) is 2. The van der Waals surface area contributed by atoms with Crippen LogP contribution in [0.4, 0.5) is 0 Å². The first kappa shape index (κ1) is 5.22. The van der Waals surface area contributed by atoms with Crippen molar-refractivity contribution >= 4 is 0 Å². The van der Waals surface area contributed by atoms with Gasteiger partial charge in [0.1, 0.15) is 0 Å². The summed E-state index contributed by atoms with van der Waals surface area (Å²) in [4.78, 5) is 0. The van der Waals surface area contributed by atoms with Gasteiger partial charge >= 0.3 is 0 Å². The number of aromatic hydroxyl groups is 1. The predicted molar refractivity (Wildman–Crippen MR) is 29.8 cm³/mol. The van der Waals surface area contributed by atoms with E-state index in [0.717, 1.165) is 11.1 Å². The van der Waals surface area contributed by atoms with Crippen molar-refractivity contribution in [3.8, 4) is 5.95 Å². The Labute approximate surface area is 47.7 Å². The molecule has 2 nitrogen and oxygen atoms in total. The van der Waals surface area contributed by atoms with E-state index in [1.807, 2.05) is 13.8 Å². The summed E-state index contributed by atoms with van der Waals surface area (Å²) in [5.41, 5.74) is 1.81. The van der Waals surface area contributed by atoms with Crippen LogP contribution in [0.2, 0.25) is 0 Å². The Morgan fingerprint density at radius 1 is 1.50 bits per heavy atom. The van der Waals surface area contributed by atoms with Gasteiger partial charge in [0.2, 0.25) is 0 Å². The second kappa shape index (κ2) is 1.54. The Bertz CT molecular complexity index is 169. The fourth-order valence-electron chi connectivity index (χ4n) is 0.490. The second-order valence-corrected chi connectivity index (χ2v) is 1.85. The molecule has 1 rings (SSSR count). The van der Waals surface area contributed by atoms with Gasteiger partial charge < -0.3 is 9.52 Å². The SMILES string of the molecule is Cc1coc(O)c1C. The lowest BCUT2D eigenvalue weighted by atomic mass is 10.2. The molecule has 1 aromatic rings. The molecule has 2 heteroatoms. The Morgan fingerprint density at radius 2 is 2.12 bits per heavy atom. The van der Waals surface area contributed by atoms with Crippen molar-refractivity contribution in [1.82, 2.24) is 0 Å². The van der Waals surface area contributed by atoms with E-state index in [1.165, 1.54) is 6.26 Å². The molecule has 0 saturated carbocycles. The summed E-state index contributed by atoms with van der Waals surface area (Å²) < 4.78 is 4.65. The minimum atomic E-state index is 0.0301. The summed E-state index contributed by atoms with van der Waals surface area (Å²) >= 11 is 0. The first-order valence-electron chi connectivity index (χ1n) is 2.45. The Balaban J connectivity index is 3.19. The van der Waals surface area contributed by atoms with Gasteiger partial charge in [-0.15, -0.1) is 0 Å². The van der Waals surface area contributed by atoms with Crippen LogP contribution in [0.5, 0.6) is 5.95 Å². The quantitative estimate of drug-likeness (QED) is 0.553. The van der Waals surface area contributed by atoms with Crippen molar-refractivity contribution in [3.63, 3.8) is 0 Å². The molecular weight excluding hydrogens is 104 g/mol. The van der Waals surface area contributed by atoms with Crippen LogP contribution < -0.4 is 0 Å². The van der Waals surface area contributed by atoms with E-state index in [4.69, 9.17) is 5.11 Å². The number of rotatable bonds is 0. The Morgan fingerprint density at radius 3 is 2.25 bits per heavy atom. The van der Waals surface area contributed by atoms with Gasteiger partial charge in [0.25, 0.3) is 5.95 Å². The van der Waals surface area contributed by atoms with Crippen LogP contribution in [0.15, 0.2) is 10.7 Å². The lowest BCUT2D eigenvalue weighted by Crippen LogP contribution is -1.67. The van der Waals surface area contributed by atoms with Gasteiger partial charge in [0, 0.05) is 5.56 Å². The molecule has 0 spiro atoms. The fourth-order valence-corrected chi connectivity index (χ4v) is 0.490. The van der Waals surface area contributed by atoms with Crippen molar-refractivity contribution in [3.05, 3.63) is 17.4 Å². The van der Waals surface area contributed by atoms with Gasteiger partial charge in [-0.1, -0.05) is 0 Å². The van der Waals surface area contributed by atoms with E-state index < -0.39 is 0 Å². The summed E-state index contributed by atoms with van der Waals surface area (Å²) in [6.45, 7) is 3.70. The van der Waals surface area contributed by atoms with Crippen LogP contribution in [0.3, 0.4) is 0 Å². The standard InChI is InChI=1S/C6H8O2/c1-4-3-8-6(7)5(4)2/h3,7H,1-2H3. The van der Waals surface area contributed by atoms with E-state index in [9.17, 15) is 0 Å². The lowest BCUT2D eigenvalue weighted by Gasteiger charge is -1.82. The maximum absolute atomic E-state index is 8.77. The molecule has 0 fully saturated rings. The maximum atomic E-state index is 8.77. The smallest absolute Gasteiger partial charge is 0.285 e. The van der Waals surface area contributed by atoms with E-state index >= 15 is 0 Å². The van der Waals surface area contributed by atoms with Crippen molar-refractivity contribution in [2.75, 3.05) is 0 Å². The van der Waals surface area contributed by atoms with E-state index in [2.05, 4.69) is 4.42 Å². The van der Waals surface area contributed by atoms with Crippen molar-refractivity contribution in [1.29, 1.82) is 0 Å². The minimum absolute atomic E-state index is 0.0301. The number of furan rings is 1. The molecule has 1 aromatic heterocycles. The molecule has 1 N–H and O–H groups in total. The van der Waals surface area contributed by atoms with Crippen molar-refractivity contribution in [2.24, 2.45) is 0 Å². The number of hydrogen-bond donors (Lipinski definition) is 1. The van der Waals surface area contributed by atoms with Gasteiger partial charge in [-0.05, 0) is 19.4 Å². The molecule has 0 aliphatic rings. The zero-order valence-corrected chi connectivity index (χ0v) is 4.93. The van der Waals surface area contributed by atoms with E-state index in [1.54, 1.807) is 0 Å². The summed E-state index contributed by atoms with van der Waals surface area (Å²) in [6, 6.07) is 0. The Kier molecular flexibility index (Phi) is 1.01. The first-order chi connectivity index (χ1) is 3.72. The highest BCUT2D eigenvalue weighted by Crippen LogP contribution is 2.20. The van der Waals surface area contributed by atoms with Crippen LogP contribution in [0.1, 0.15) is 11.1 Å². The average molecular weight is 112 g/mol. The predicted octanol–water partition coefficient (Wildman–Crippen LogP) is 1.60. The largest absolute Gasteiger partial charge is 0.481 e. The molecule has 44 valence electrons. The third kappa shape index (κ3) is 0.579. The normalized spacial score (nSPS) is 9.75. The maximum Gasteiger partial charge on any atom is 0.285 e. The lowest BCUT2D eigenvalue weighted by molar-refractivity contribution is 0.329. The zero-order chi connectivity index (χ0) is 6.15. The van der Waals surface area contributed by atoms with Crippen molar-refractivity contribution < 1.29 is 9.52 Å². The van der Waals surface area contributed by atoms with Gasteiger partial charge in [-0.25, -0.2) is 0 Å². The first-order valence-corrected chi connectivity index (χ1v) is 2.45. The summed E-state index contributed by atoms with van der Waals surface area (Å²) in [6.07, 6.45) is 1.53. The van der Waals surface area contributed by atoms with E-state index in [0.29, 0.717) is 0 Å². The monoisotopic (exact) mass is 112 g/mol. The molecule has 0 aromatic carbocycles. The van der Waals surface area contributed by atoms with E-state index in [-0.39, 0.29) is 5.95 Å². The summed E-state index contributed by atoms with van der Waals surface area (Å²) in [7, 11) is 0. The molecule has 0 saturated heterocycles. The van der Waals surface area contributed by atoms with Gasteiger partial charge in [-0.3, -0.25) is 0 Å². The van der Waals surface area contributed by atoms with Crippen LogP contribution in [-0.4, -0.2) is 5.11 Å². The average Bonchev–Trinajstić information content (AvgIpc) is 1.98. The molecule has 0 bridgehead atoms. The second-order valence-electron chi connectivity index (χ2n) is 1.85. The molecular formula is C6H8O2. The van der Waals surface area contributed by atoms with Crippen LogP contribution in [-0.2, 0) is 0 Å². The molecule has 0 aliphatic heterocycles. The number of aryl methyl sites for hydroxylation is 1.